The van der Waals surface area contributed by atoms with Gasteiger partial charge in [0.2, 0.25) is 0 Å². The molecule has 0 aliphatic heterocycles. The van der Waals surface area contributed by atoms with E-state index in [4.69, 9.17) is 32.5 Å². The summed E-state index contributed by atoms with van der Waals surface area (Å²) in [5.74, 6) is 1.14. The van der Waals surface area contributed by atoms with E-state index in [1.54, 1.807) is 18.2 Å². The number of carbonyl (C=O) groups is 1. The van der Waals surface area contributed by atoms with Crippen LogP contribution >= 0.6 is 23.2 Å². The van der Waals surface area contributed by atoms with E-state index < -0.39 is 11.4 Å². The first-order valence-electron chi connectivity index (χ1n) is 12.0. The first kappa shape index (κ1) is 23.1. The standard InChI is InChI=1S/C29H23Cl2NO4/c30-23-5-2-6-24(31)25(23)26-22(27(36-32-26)18-7-8-18)16-35-21-4-1-3-19(15-21)17-9-11-20(12-10-17)29(13-14-29)28(33)34/h1-6,9-12,15,18H,7-8,13-14,16H2,(H,33,34). The Morgan fingerprint density at radius 2 is 1.69 bits per heavy atom. The van der Waals surface area contributed by atoms with Crippen LogP contribution in [0.25, 0.3) is 22.4 Å². The number of hydrogen-bond donors (Lipinski definition) is 1. The van der Waals surface area contributed by atoms with Gasteiger partial charge in [-0.25, -0.2) is 0 Å². The highest BCUT2D eigenvalue weighted by molar-refractivity contribution is 6.39. The molecule has 0 spiro atoms. The molecule has 2 fully saturated rings. The van der Waals surface area contributed by atoms with Crippen LogP contribution in [-0.4, -0.2) is 16.2 Å². The summed E-state index contributed by atoms with van der Waals surface area (Å²) < 4.78 is 12.0. The number of aliphatic carboxylic acids is 1. The van der Waals surface area contributed by atoms with Crippen LogP contribution in [0, 0.1) is 0 Å². The van der Waals surface area contributed by atoms with Crippen LogP contribution in [0.4, 0.5) is 0 Å². The van der Waals surface area contributed by atoms with Crippen molar-refractivity contribution in [3.8, 4) is 28.1 Å². The van der Waals surface area contributed by atoms with Crippen molar-refractivity contribution in [2.24, 2.45) is 0 Å². The number of benzene rings is 3. The summed E-state index contributed by atoms with van der Waals surface area (Å²) in [6, 6.07) is 21.0. The minimum Gasteiger partial charge on any atom is -0.489 e. The van der Waals surface area contributed by atoms with Crippen LogP contribution in [0.3, 0.4) is 0 Å². The summed E-state index contributed by atoms with van der Waals surface area (Å²) in [5, 5.41) is 14.9. The highest BCUT2D eigenvalue weighted by atomic mass is 35.5. The van der Waals surface area contributed by atoms with Crippen molar-refractivity contribution in [2.75, 3.05) is 0 Å². The monoisotopic (exact) mass is 519 g/mol. The van der Waals surface area contributed by atoms with Crippen molar-refractivity contribution >= 4 is 29.2 Å². The van der Waals surface area contributed by atoms with Gasteiger partial charge in [0.25, 0.3) is 0 Å². The first-order valence-corrected chi connectivity index (χ1v) is 12.7. The van der Waals surface area contributed by atoms with E-state index in [-0.39, 0.29) is 6.61 Å². The molecule has 1 heterocycles. The van der Waals surface area contributed by atoms with Crippen molar-refractivity contribution in [1.29, 1.82) is 0 Å². The second-order valence-corrected chi connectivity index (χ2v) is 10.3. The molecule has 2 aliphatic carbocycles. The van der Waals surface area contributed by atoms with Crippen LogP contribution < -0.4 is 4.74 Å². The van der Waals surface area contributed by atoms with Crippen molar-refractivity contribution in [3.63, 3.8) is 0 Å². The van der Waals surface area contributed by atoms with Gasteiger partial charge in [-0.05, 0) is 66.6 Å². The third-order valence-corrected chi connectivity index (χ3v) is 7.74. The van der Waals surface area contributed by atoms with Crippen molar-refractivity contribution in [3.05, 3.63) is 93.7 Å². The van der Waals surface area contributed by atoms with E-state index >= 15 is 0 Å². The van der Waals surface area contributed by atoms with Gasteiger partial charge in [0.15, 0.2) is 0 Å². The predicted molar refractivity (Wildman–Crippen MR) is 139 cm³/mol. The predicted octanol–water partition coefficient (Wildman–Crippen LogP) is 7.89. The normalized spacial score (nSPS) is 16.1. The number of carboxylic acid groups (broad SMARTS) is 1. The average Bonchev–Trinajstić information content (AvgIpc) is 3.81. The molecule has 4 aromatic rings. The molecular formula is C29H23Cl2NO4. The lowest BCUT2D eigenvalue weighted by Gasteiger charge is -2.12. The molecule has 0 atom stereocenters. The molecule has 3 aromatic carbocycles. The molecule has 2 aliphatic rings. The molecule has 1 N–H and O–H groups in total. The summed E-state index contributed by atoms with van der Waals surface area (Å²) in [6.07, 6.45) is 3.51. The van der Waals surface area contributed by atoms with E-state index in [1.807, 2.05) is 48.5 Å². The number of nitrogens with zero attached hydrogens (tertiary/aromatic N) is 1. The van der Waals surface area contributed by atoms with Crippen LogP contribution in [0.1, 0.15) is 48.5 Å². The van der Waals surface area contributed by atoms with E-state index in [2.05, 4.69) is 5.16 Å². The number of rotatable bonds is 8. The van der Waals surface area contributed by atoms with Crippen molar-refractivity contribution in [1.82, 2.24) is 5.16 Å². The summed E-state index contributed by atoms with van der Waals surface area (Å²) in [4.78, 5) is 11.6. The van der Waals surface area contributed by atoms with E-state index in [1.165, 1.54) is 0 Å². The zero-order chi connectivity index (χ0) is 24.9. The fourth-order valence-corrected chi connectivity index (χ4v) is 5.28. The SMILES string of the molecule is O=C(O)C1(c2ccc(-c3cccc(OCc4c(-c5c(Cl)cccc5Cl)noc4C4CC4)c3)cc2)CC1. The lowest BCUT2D eigenvalue weighted by molar-refractivity contribution is -0.140. The van der Waals surface area contributed by atoms with Crippen LogP contribution in [-0.2, 0) is 16.8 Å². The second kappa shape index (κ2) is 8.99. The smallest absolute Gasteiger partial charge is 0.314 e. The molecule has 0 amide bonds. The lowest BCUT2D eigenvalue weighted by atomic mass is 9.94. The number of aromatic nitrogens is 1. The number of ether oxygens (including phenoxy) is 1. The fourth-order valence-electron chi connectivity index (χ4n) is 4.70. The average molecular weight is 520 g/mol. The maximum Gasteiger partial charge on any atom is 0.314 e. The summed E-state index contributed by atoms with van der Waals surface area (Å²) in [6.45, 7) is 0.274. The molecule has 6 rings (SSSR count). The summed E-state index contributed by atoms with van der Waals surface area (Å²) in [5.41, 5.74) is 4.27. The molecule has 5 nitrogen and oxygen atoms in total. The Morgan fingerprint density at radius 1 is 1.00 bits per heavy atom. The van der Waals surface area contributed by atoms with Gasteiger partial charge in [-0.1, -0.05) is 70.8 Å². The third-order valence-electron chi connectivity index (χ3n) is 7.11. The Labute approximate surface area is 218 Å². The zero-order valence-corrected chi connectivity index (χ0v) is 20.9. The lowest BCUT2D eigenvalue weighted by Crippen LogP contribution is -2.19. The van der Waals surface area contributed by atoms with Gasteiger partial charge in [-0.3, -0.25) is 4.79 Å². The van der Waals surface area contributed by atoms with Crippen molar-refractivity contribution < 1.29 is 19.2 Å². The second-order valence-electron chi connectivity index (χ2n) is 9.53. The molecule has 0 bridgehead atoms. The van der Waals surface area contributed by atoms with Crippen LogP contribution in [0.5, 0.6) is 5.75 Å². The van der Waals surface area contributed by atoms with Crippen LogP contribution in [0.15, 0.2) is 71.3 Å². The molecular weight excluding hydrogens is 497 g/mol. The molecule has 0 unspecified atom stereocenters. The van der Waals surface area contributed by atoms with Gasteiger partial charge in [-0.15, -0.1) is 0 Å². The number of halogens is 2. The maximum absolute atomic E-state index is 11.6. The molecule has 36 heavy (non-hydrogen) atoms. The maximum atomic E-state index is 11.6. The molecule has 1 aromatic heterocycles. The molecule has 2 saturated carbocycles. The Bertz CT molecular complexity index is 1430. The third kappa shape index (κ3) is 4.16. The number of carboxylic acids is 1. The van der Waals surface area contributed by atoms with Gasteiger partial charge in [0.05, 0.1) is 21.0 Å². The quantitative estimate of drug-likeness (QED) is 0.256. The molecule has 0 saturated heterocycles. The minimum absolute atomic E-state index is 0.274. The van der Waals surface area contributed by atoms with Gasteiger partial charge < -0.3 is 14.4 Å². The Kier molecular flexibility index (Phi) is 5.78. The van der Waals surface area contributed by atoms with Crippen molar-refractivity contribution in [2.45, 2.75) is 43.6 Å². The largest absolute Gasteiger partial charge is 0.489 e. The number of hydrogen-bond acceptors (Lipinski definition) is 4. The van der Waals surface area contributed by atoms with Gasteiger partial charge >= 0.3 is 5.97 Å². The van der Waals surface area contributed by atoms with Gasteiger partial charge in [0, 0.05) is 11.5 Å². The highest BCUT2D eigenvalue weighted by Gasteiger charge is 2.51. The molecule has 7 heteroatoms. The topological polar surface area (TPSA) is 72.6 Å². The minimum atomic E-state index is -0.748. The first-order chi connectivity index (χ1) is 17.5. The van der Waals surface area contributed by atoms with Crippen LogP contribution in [0.2, 0.25) is 10.0 Å². The Balaban J connectivity index is 1.25. The Morgan fingerprint density at radius 3 is 2.33 bits per heavy atom. The Hall–Kier alpha value is -3.28. The molecule has 0 radical (unpaired) electrons. The summed E-state index contributed by atoms with van der Waals surface area (Å²) >= 11 is 12.9. The summed E-state index contributed by atoms with van der Waals surface area (Å²) in [7, 11) is 0. The zero-order valence-electron chi connectivity index (χ0n) is 19.3. The van der Waals surface area contributed by atoms with Gasteiger partial charge in [-0.2, -0.15) is 0 Å². The van der Waals surface area contributed by atoms with E-state index in [0.29, 0.717) is 45.8 Å². The van der Waals surface area contributed by atoms with E-state index in [9.17, 15) is 9.90 Å². The fraction of sp³-hybridized carbons (Fsp3) is 0.241. The van der Waals surface area contributed by atoms with E-state index in [0.717, 1.165) is 40.9 Å². The highest BCUT2D eigenvalue weighted by Crippen LogP contribution is 2.49. The molecule has 182 valence electrons. The van der Waals surface area contributed by atoms with Gasteiger partial charge in [0.1, 0.15) is 23.8 Å².